The number of carbonyl (C=O) groups excluding carboxylic acids is 1. The number of hydrogen-bond donors (Lipinski definition) is 1. The lowest BCUT2D eigenvalue weighted by atomic mass is 10.1. The fourth-order valence-electron chi connectivity index (χ4n) is 2.01. The number of nitrogens with zero attached hydrogens (tertiary/aromatic N) is 4. The van der Waals surface area contributed by atoms with Gasteiger partial charge in [-0.2, -0.15) is 0 Å². The number of anilines is 1. The number of nitrogens with one attached hydrogen (secondary N) is 1. The highest BCUT2D eigenvalue weighted by Gasteiger charge is 2.08. The average molecular weight is 314 g/mol. The summed E-state index contributed by atoms with van der Waals surface area (Å²) in [7, 11) is 0. The van der Waals surface area contributed by atoms with Crippen LogP contribution in [-0.4, -0.2) is 26.1 Å². The van der Waals surface area contributed by atoms with Gasteiger partial charge in [-0.1, -0.05) is 11.6 Å². The van der Waals surface area contributed by atoms with Gasteiger partial charge in [0, 0.05) is 16.3 Å². The van der Waals surface area contributed by atoms with Crippen LogP contribution in [0.5, 0.6) is 0 Å². The molecule has 0 saturated carbocycles. The first-order valence-electron chi connectivity index (χ1n) is 6.54. The molecule has 2 aromatic carbocycles. The number of hydrogen-bond acceptors (Lipinski definition) is 4. The third-order valence-electron chi connectivity index (χ3n) is 3.18. The SMILES string of the molecule is Cc1cc(Cl)ccc1NC(=O)c1ccc(-n2cnnn2)cc1. The Balaban J connectivity index is 1.77. The second-order valence-electron chi connectivity index (χ2n) is 4.71. The molecule has 1 heterocycles. The molecule has 1 amide bonds. The number of rotatable bonds is 3. The smallest absolute Gasteiger partial charge is 0.255 e. The Morgan fingerprint density at radius 1 is 1.18 bits per heavy atom. The number of aromatic nitrogens is 4. The number of carbonyl (C=O) groups is 1. The molecule has 1 aromatic heterocycles. The molecule has 0 saturated heterocycles. The predicted molar refractivity (Wildman–Crippen MR) is 83.3 cm³/mol. The topological polar surface area (TPSA) is 72.7 Å². The molecule has 0 atom stereocenters. The summed E-state index contributed by atoms with van der Waals surface area (Å²) in [6.07, 6.45) is 1.49. The van der Waals surface area contributed by atoms with Gasteiger partial charge in [-0.15, -0.1) is 5.10 Å². The van der Waals surface area contributed by atoms with Crippen LogP contribution in [0.2, 0.25) is 5.02 Å². The highest BCUT2D eigenvalue weighted by atomic mass is 35.5. The minimum absolute atomic E-state index is 0.186. The summed E-state index contributed by atoms with van der Waals surface area (Å²) in [5, 5.41) is 14.4. The van der Waals surface area contributed by atoms with E-state index in [-0.39, 0.29) is 5.91 Å². The van der Waals surface area contributed by atoms with Gasteiger partial charge in [-0.3, -0.25) is 4.79 Å². The normalized spacial score (nSPS) is 10.5. The molecule has 0 aliphatic rings. The molecule has 6 nitrogen and oxygen atoms in total. The van der Waals surface area contributed by atoms with Crippen LogP contribution in [0.3, 0.4) is 0 Å². The Morgan fingerprint density at radius 2 is 1.95 bits per heavy atom. The first-order valence-corrected chi connectivity index (χ1v) is 6.92. The molecule has 3 rings (SSSR count). The molecule has 0 fully saturated rings. The highest BCUT2D eigenvalue weighted by Crippen LogP contribution is 2.20. The average Bonchev–Trinajstić information content (AvgIpc) is 3.04. The Kier molecular flexibility index (Phi) is 3.84. The monoisotopic (exact) mass is 313 g/mol. The molecule has 22 heavy (non-hydrogen) atoms. The minimum Gasteiger partial charge on any atom is -0.322 e. The second kappa shape index (κ2) is 5.95. The van der Waals surface area contributed by atoms with Crippen LogP contribution in [0.15, 0.2) is 48.8 Å². The van der Waals surface area contributed by atoms with Crippen molar-refractivity contribution in [3.63, 3.8) is 0 Å². The van der Waals surface area contributed by atoms with Crippen molar-refractivity contribution in [2.45, 2.75) is 6.92 Å². The first kappa shape index (κ1) is 14.2. The second-order valence-corrected chi connectivity index (χ2v) is 5.15. The number of tetrazole rings is 1. The third kappa shape index (κ3) is 2.96. The van der Waals surface area contributed by atoms with E-state index in [4.69, 9.17) is 11.6 Å². The number of amides is 1. The van der Waals surface area contributed by atoms with E-state index in [2.05, 4.69) is 20.8 Å². The van der Waals surface area contributed by atoms with Gasteiger partial charge in [-0.25, -0.2) is 4.68 Å². The molecule has 7 heteroatoms. The summed E-state index contributed by atoms with van der Waals surface area (Å²) in [6, 6.07) is 12.3. The van der Waals surface area contributed by atoms with E-state index in [1.165, 1.54) is 11.0 Å². The van der Waals surface area contributed by atoms with E-state index in [1.807, 2.05) is 6.92 Å². The molecule has 110 valence electrons. The van der Waals surface area contributed by atoms with Crippen molar-refractivity contribution in [3.05, 3.63) is 64.9 Å². The van der Waals surface area contributed by atoms with Gasteiger partial charge in [0.2, 0.25) is 0 Å². The van der Waals surface area contributed by atoms with E-state index >= 15 is 0 Å². The van der Waals surface area contributed by atoms with Crippen LogP contribution in [-0.2, 0) is 0 Å². The molecule has 0 spiro atoms. The standard InChI is InChI=1S/C15H12ClN5O/c1-10-8-12(16)4-7-14(10)18-15(22)11-2-5-13(6-3-11)21-9-17-19-20-21/h2-9H,1H3,(H,18,22). The summed E-state index contributed by atoms with van der Waals surface area (Å²) >= 11 is 5.91. The Bertz CT molecular complexity index is 799. The van der Waals surface area contributed by atoms with Crippen molar-refractivity contribution < 1.29 is 4.79 Å². The minimum atomic E-state index is -0.186. The lowest BCUT2D eigenvalue weighted by molar-refractivity contribution is 0.102. The van der Waals surface area contributed by atoms with Crippen molar-refractivity contribution in [3.8, 4) is 5.69 Å². The Hall–Kier alpha value is -2.73. The van der Waals surface area contributed by atoms with Crippen LogP contribution in [0, 0.1) is 6.92 Å². The van der Waals surface area contributed by atoms with E-state index in [1.54, 1.807) is 42.5 Å². The van der Waals surface area contributed by atoms with Crippen LogP contribution in [0.4, 0.5) is 5.69 Å². The molecule has 0 aliphatic carbocycles. The van der Waals surface area contributed by atoms with Crippen molar-refractivity contribution in [1.82, 2.24) is 20.2 Å². The maximum absolute atomic E-state index is 12.3. The van der Waals surface area contributed by atoms with Gasteiger partial charge in [0.25, 0.3) is 5.91 Å². The van der Waals surface area contributed by atoms with E-state index in [0.717, 1.165) is 16.9 Å². The summed E-state index contributed by atoms with van der Waals surface area (Å²) < 4.78 is 1.52. The molecule has 1 N–H and O–H groups in total. The maximum Gasteiger partial charge on any atom is 0.255 e. The van der Waals surface area contributed by atoms with E-state index in [0.29, 0.717) is 10.6 Å². The van der Waals surface area contributed by atoms with Crippen molar-refractivity contribution in [1.29, 1.82) is 0 Å². The number of halogens is 1. The highest BCUT2D eigenvalue weighted by molar-refractivity contribution is 6.30. The van der Waals surface area contributed by atoms with Gasteiger partial charge < -0.3 is 5.32 Å². The van der Waals surface area contributed by atoms with E-state index < -0.39 is 0 Å². The van der Waals surface area contributed by atoms with Gasteiger partial charge in [0.1, 0.15) is 6.33 Å². The quantitative estimate of drug-likeness (QED) is 0.807. The van der Waals surface area contributed by atoms with Gasteiger partial charge in [0.15, 0.2) is 0 Å². The van der Waals surface area contributed by atoms with Crippen LogP contribution in [0.25, 0.3) is 5.69 Å². The third-order valence-corrected chi connectivity index (χ3v) is 3.41. The summed E-state index contributed by atoms with van der Waals surface area (Å²) in [5.41, 5.74) is 2.97. The van der Waals surface area contributed by atoms with Crippen molar-refractivity contribution >= 4 is 23.2 Å². The number of aryl methyl sites for hydroxylation is 1. The van der Waals surface area contributed by atoms with E-state index in [9.17, 15) is 4.79 Å². The van der Waals surface area contributed by atoms with Crippen LogP contribution >= 0.6 is 11.6 Å². The van der Waals surface area contributed by atoms with Gasteiger partial charge >= 0.3 is 0 Å². The molecule has 3 aromatic rings. The molecule has 0 aliphatic heterocycles. The number of benzene rings is 2. The zero-order valence-electron chi connectivity index (χ0n) is 11.7. The Morgan fingerprint density at radius 3 is 2.59 bits per heavy atom. The fourth-order valence-corrected chi connectivity index (χ4v) is 2.23. The summed E-state index contributed by atoms with van der Waals surface area (Å²) in [6.45, 7) is 1.89. The first-order chi connectivity index (χ1) is 10.6. The lowest BCUT2D eigenvalue weighted by Gasteiger charge is -2.09. The van der Waals surface area contributed by atoms with Crippen LogP contribution in [0.1, 0.15) is 15.9 Å². The maximum atomic E-state index is 12.3. The zero-order valence-corrected chi connectivity index (χ0v) is 12.4. The zero-order chi connectivity index (χ0) is 15.5. The molecule has 0 unspecified atom stereocenters. The predicted octanol–water partition coefficient (Wildman–Crippen LogP) is 2.88. The molecular weight excluding hydrogens is 302 g/mol. The molecular formula is C15H12ClN5O. The van der Waals surface area contributed by atoms with Gasteiger partial charge in [0.05, 0.1) is 5.69 Å². The molecule has 0 bridgehead atoms. The lowest BCUT2D eigenvalue weighted by Crippen LogP contribution is -2.12. The largest absolute Gasteiger partial charge is 0.322 e. The van der Waals surface area contributed by atoms with Crippen LogP contribution < -0.4 is 5.32 Å². The Labute approximate surface area is 131 Å². The molecule has 0 radical (unpaired) electrons. The van der Waals surface area contributed by atoms with Gasteiger partial charge in [-0.05, 0) is 65.4 Å². The van der Waals surface area contributed by atoms with Crippen molar-refractivity contribution in [2.24, 2.45) is 0 Å². The summed E-state index contributed by atoms with van der Waals surface area (Å²) in [4.78, 5) is 12.3. The summed E-state index contributed by atoms with van der Waals surface area (Å²) in [5.74, 6) is -0.186. The van der Waals surface area contributed by atoms with Crippen molar-refractivity contribution in [2.75, 3.05) is 5.32 Å². The fraction of sp³-hybridized carbons (Fsp3) is 0.0667.